The molecule has 2 unspecified atom stereocenters. The van der Waals surface area contributed by atoms with Gasteiger partial charge in [-0.1, -0.05) is 19.1 Å². The van der Waals surface area contributed by atoms with Crippen molar-refractivity contribution in [2.75, 3.05) is 0 Å². The molecule has 0 amide bonds. The van der Waals surface area contributed by atoms with Gasteiger partial charge in [0.25, 0.3) is 0 Å². The molecule has 0 spiro atoms. The number of rotatable bonds is 2. The third kappa shape index (κ3) is 2.94. The zero-order chi connectivity index (χ0) is 10.9. The maximum absolute atomic E-state index is 5.99. The highest BCUT2D eigenvalue weighted by Gasteiger charge is 2.33. The van der Waals surface area contributed by atoms with E-state index in [0.717, 1.165) is 0 Å². The number of halogens is 1. The second-order valence-corrected chi connectivity index (χ2v) is 6.36. The van der Waals surface area contributed by atoms with E-state index in [-0.39, 0.29) is 0 Å². The highest BCUT2D eigenvalue weighted by Crippen LogP contribution is 2.39. The first kappa shape index (κ1) is 11.4. The number of nitrogens with two attached hydrogens (primary N) is 1. The zero-order valence-corrected chi connectivity index (χ0v) is 11.3. The van der Waals surface area contributed by atoms with E-state index in [0.29, 0.717) is 11.5 Å². The molecule has 1 nitrogen and oxygen atoms in total. The van der Waals surface area contributed by atoms with Crippen molar-refractivity contribution in [3.8, 4) is 0 Å². The lowest BCUT2D eigenvalue weighted by atomic mass is 9.82. The lowest BCUT2D eigenvalue weighted by Crippen LogP contribution is -2.21. The summed E-state index contributed by atoms with van der Waals surface area (Å²) in [7, 11) is 0. The van der Waals surface area contributed by atoms with Crippen LogP contribution in [-0.4, -0.2) is 6.04 Å². The largest absolute Gasteiger partial charge is 0.328 e. The van der Waals surface area contributed by atoms with Crippen molar-refractivity contribution in [1.29, 1.82) is 0 Å². The summed E-state index contributed by atoms with van der Waals surface area (Å²) in [5.41, 5.74) is 7.87. The molecule has 1 saturated carbocycles. The van der Waals surface area contributed by atoms with Crippen LogP contribution in [-0.2, 0) is 6.42 Å². The van der Waals surface area contributed by atoms with Crippen molar-refractivity contribution in [1.82, 2.24) is 0 Å². The van der Waals surface area contributed by atoms with Gasteiger partial charge in [0.05, 0.1) is 0 Å². The molecular weight excluding hydrogens is 297 g/mol. The molecule has 0 bridgehead atoms. The Morgan fingerprint density at radius 3 is 2.60 bits per heavy atom. The molecule has 0 heterocycles. The van der Waals surface area contributed by atoms with Crippen LogP contribution in [0.4, 0.5) is 0 Å². The summed E-state index contributed by atoms with van der Waals surface area (Å²) >= 11 is 2.35. The minimum atomic E-state index is 0.429. The van der Waals surface area contributed by atoms with Crippen LogP contribution in [0, 0.1) is 8.99 Å². The Hall–Kier alpha value is -0.0900. The van der Waals surface area contributed by atoms with Crippen molar-refractivity contribution in [2.45, 2.75) is 38.6 Å². The van der Waals surface area contributed by atoms with Gasteiger partial charge in [-0.25, -0.2) is 0 Å². The average Bonchev–Trinajstić information content (AvgIpc) is 2.50. The van der Waals surface area contributed by atoms with E-state index in [1.807, 2.05) is 0 Å². The third-order valence-electron chi connectivity index (χ3n) is 3.42. The van der Waals surface area contributed by atoms with Crippen LogP contribution in [0.3, 0.4) is 0 Å². The van der Waals surface area contributed by atoms with E-state index >= 15 is 0 Å². The van der Waals surface area contributed by atoms with Crippen LogP contribution in [0.15, 0.2) is 24.3 Å². The van der Waals surface area contributed by atoms with Crippen molar-refractivity contribution < 1.29 is 0 Å². The molecule has 82 valence electrons. The predicted molar refractivity (Wildman–Crippen MR) is 72.8 cm³/mol. The molecule has 1 aliphatic carbocycles. The molecule has 0 aromatic heterocycles. The second kappa shape index (κ2) is 4.42. The molecule has 0 aliphatic heterocycles. The van der Waals surface area contributed by atoms with Gasteiger partial charge in [-0.05, 0) is 71.4 Å². The lowest BCUT2D eigenvalue weighted by molar-refractivity contribution is 0.329. The SMILES string of the molecule is CC1(Cc2ccc(I)cc2)CCC(N)C1. The second-order valence-electron chi connectivity index (χ2n) is 5.12. The first-order chi connectivity index (χ1) is 7.07. The van der Waals surface area contributed by atoms with Crippen LogP contribution >= 0.6 is 22.6 Å². The molecule has 2 heteroatoms. The van der Waals surface area contributed by atoms with E-state index in [1.54, 1.807) is 0 Å². The summed E-state index contributed by atoms with van der Waals surface area (Å²) in [4.78, 5) is 0. The summed E-state index contributed by atoms with van der Waals surface area (Å²) in [6, 6.07) is 9.30. The van der Waals surface area contributed by atoms with Gasteiger partial charge in [0.15, 0.2) is 0 Å². The smallest absolute Gasteiger partial charge is 0.0130 e. The van der Waals surface area contributed by atoms with Gasteiger partial charge in [-0.15, -0.1) is 0 Å². The summed E-state index contributed by atoms with van der Waals surface area (Å²) in [5.74, 6) is 0. The molecule has 1 aromatic carbocycles. The first-order valence-electron chi connectivity index (χ1n) is 5.57. The highest BCUT2D eigenvalue weighted by atomic mass is 127. The lowest BCUT2D eigenvalue weighted by Gasteiger charge is -2.23. The van der Waals surface area contributed by atoms with E-state index in [2.05, 4.69) is 53.8 Å². The number of hydrogen-bond acceptors (Lipinski definition) is 1. The van der Waals surface area contributed by atoms with Gasteiger partial charge in [0.1, 0.15) is 0 Å². The maximum Gasteiger partial charge on any atom is 0.0130 e. The van der Waals surface area contributed by atoms with Gasteiger partial charge >= 0.3 is 0 Å². The Kier molecular flexibility index (Phi) is 3.36. The van der Waals surface area contributed by atoms with Crippen molar-refractivity contribution in [2.24, 2.45) is 11.1 Å². The quantitative estimate of drug-likeness (QED) is 0.832. The Balaban J connectivity index is 2.05. The normalized spacial score (nSPS) is 30.7. The fourth-order valence-electron chi connectivity index (χ4n) is 2.63. The Labute approximate surface area is 106 Å². The molecule has 0 saturated heterocycles. The maximum atomic E-state index is 5.99. The average molecular weight is 315 g/mol. The van der Waals surface area contributed by atoms with E-state index in [9.17, 15) is 0 Å². The first-order valence-corrected chi connectivity index (χ1v) is 6.65. The van der Waals surface area contributed by atoms with Gasteiger partial charge in [0, 0.05) is 9.61 Å². The molecule has 1 aliphatic rings. The third-order valence-corrected chi connectivity index (χ3v) is 4.14. The molecule has 15 heavy (non-hydrogen) atoms. The Morgan fingerprint density at radius 2 is 2.07 bits per heavy atom. The van der Waals surface area contributed by atoms with Crippen LogP contribution in [0.2, 0.25) is 0 Å². The standard InChI is InChI=1S/C13H18IN/c1-13(7-6-12(15)9-13)8-10-2-4-11(14)5-3-10/h2-5,12H,6-9,15H2,1H3. The molecule has 2 atom stereocenters. The number of benzene rings is 1. The van der Waals surface area contributed by atoms with Crippen LogP contribution in [0.1, 0.15) is 31.7 Å². The molecule has 0 radical (unpaired) electrons. The van der Waals surface area contributed by atoms with E-state index in [1.165, 1.54) is 34.8 Å². The fraction of sp³-hybridized carbons (Fsp3) is 0.538. The van der Waals surface area contributed by atoms with Crippen molar-refractivity contribution in [3.05, 3.63) is 33.4 Å². The highest BCUT2D eigenvalue weighted by molar-refractivity contribution is 14.1. The van der Waals surface area contributed by atoms with Gasteiger partial charge in [0.2, 0.25) is 0 Å². The van der Waals surface area contributed by atoms with Gasteiger partial charge in [-0.2, -0.15) is 0 Å². The summed E-state index contributed by atoms with van der Waals surface area (Å²) in [6.45, 7) is 2.37. The minimum Gasteiger partial charge on any atom is -0.328 e. The molecule has 2 N–H and O–H groups in total. The molecule has 1 fully saturated rings. The molecular formula is C13H18IN. The van der Waals surface area contributed by atoms with Crippen LogP contribution in [0.5, 0.6) is 0 Å². The van der Waals surface area contributed by atoms with Crippen LogP contribution in [0.25, 0.3) is 0 Å². The summed E-state index contributed by atoms with van der Waals surface area (Å²) < 4.78 is 1.31. The topological polar surface area (TPSA) is 26.0 Å². The van der Waals surface area contributed by atoms with E-state index < -0.39 is 0 Å². The van der Waals surface area contributed by atoms with Gasteiger partial charge in [-0.3, -0.25) is 0 Å². The minimum absolute atomic E-state index is 0.429. The molecule has 2 rings (SSSR count). The fourth-order valence-corrected chi connectivity index (χ4v) is 2.99. The number of hydrogen-bond donors (Lipinski definition) is 1. The predicted octanol–water partition coefficient (Wildman–Crippen LogP) is 3.35. The van der Waals surface area contributed by atoms with Crippen molar-refractivity contribution >= 4 is 22.6 Å². The summed E-state index contributed by atoms with van der Waals surface area (Å²) in [5, 5.41) is 0. The Morgan fingerprint density at radius 1 is 1.40 bits per heavy atom. The van der Waals surface area contributed by atoms with Crippen molar-refractivity contribution in [3.63, 3.8) is 0 Å². The monoisotopic (exact) mass is 315 g/mol. The van der Waals surface area contributed by atoms with Crippen LogP contribution < -0.4 is 5.73 Å². The van der Waals surface area contributed by atoms with E-state index in [4.69, 9.17) is 5.73 Å². The Bertz CT molecular complexity index is 333. The van der Waals surface area contributed by atoms with Gasteiger partial charge < -0.3 is 5.73 Å². The zero-order valence-electron chi connectivity index (χ0n) is 9.17. The summed E-state index contributed by atoms with van der Waals surface area (Å²) in [6.07, 6.45) is 4.83. The molecule has 1 aromatic rings.